The molecule has 2 aromatic carbocycles. The number of hydrogen-bond acceptors (Lipinski definition) is 3. The first-order valence-corrected chi connectivity index (χ1v) is 12.6. The number of halogens is 4. The zero-order chi connectivity index (χ0) is 27.8. The van der Waals surface area contributed by atoms with E-state index in [9.17, 15) is 31.9 Å². The van der Waals surface area contributed by atoms with E-state index in [1.165, 1.54) is 0 Å². The first-order chi connectivity index (χ1) is 17.8. The number of piperidine rings is 1. The van der Waals surface area contributed by atoms with Crippen molar-refractivity contribution in [2.24, 2.45) is 11.3 Å². The molecular weight excluding hydrogens is 502 g/mol. The van der Waals surface area contributed by atoms with Gasteiger partial charge in [0.25, 0.3) is 5.91 Å². The summed E-state index contributed by atoms with van der Waals surface area (Å²) >= 11 is 0. The molecule has 1 spiro atoms. The highest BCUT2D eigenvalue weighted by molar-refractivity contribution is 5.98. The number of alkyl halides is 3. The van der Waals surface area contributed by atoms with Gasteiger partial charge in [-0.1, -0.05) is 44.2 Å². The molecule has 0 aromatic heterocycles. The molecule has 2 aliphatic heterocycles. The van der Waals surface area contributed by atoms with E-state index in [1.807, 2.05) is 30.3 Å². The van der Waals surface area contributed by atoms with Crippen molar-refractivity contribution in [3.63, 3.8) is 0 Å². The number of rotatable bonds is 5. The van der Waals surface area contributed by atoms with Crippen molar-refractivity contribution in [1.82, 2.24) is 15.1 Å². The third kappa shape index (κ3) is 5.13. The molecule has 2 aromatic rings. The van der Waals surface area contributed by atoms with Gasteiger partial charge < -0.3 is 15.1 Å². The number of benzene rings is 2. The van der Waals surface area contributed by atoms with Gasteiger partial charge in [0.05, 0.1) is 16.5 Å². The molecule has 2 unspecified atom stereocenters. The van der Waals surface area contributed by atoms with Crippen molar-refractivity contribution in [1.29, 1.82) is 0 Å². The number of likely N-dealkylation sites (N-methyl/N-ethyl adjacent to an activating group) is 1. The van der Waals surface area contributed by atoms with Crippen LogP contribution in [0, 0.1) is 17.2 Å². The van der Waals surface area contributed by atoms with E-state index < -0.39 is 52.3 Å². The van der Waals surface area contributed by atoms with E-state index in [-0.39, 0.29) is 11.8 Å². The molecular formula is C28H31F4N3O3. The van der Waals surface area contributed by atoms with Gasteiger partial charge in [0.1, 0.15) is 11.9 Å². The Kier molecular flexibility index (Phi) is 7.54. The van der Waals surface area contributed by atoms with Crippen LogP contribution in [0.1, 0.15) is 54.1 Å². The zero-order valence-corrected chi connectivity index (χ0v) is 21.5. The van der Waals surface area contributed by atoms with E-state index in [1.54, 1.807) is 30.7 Å². The number of hydrogen-bond donors (Lipinski definition) is 1. The van der Waals surface area contributed by atoms with Crippen LogP contribution in [0.4, 0.5) is 17.6 Å². The Hall–Kier alpha value is -3.43. The number of amides is 3. The molecule has 1 N–H and O–H groups in total. The van der Waals surface area contributed by atoms with Crippen molar-refractivity contribution >= 4 is 17.7 Å². The summed E-state index contributed by atoms with van der Waals surface area (Å²) < 4.78 is 53.6. The van der Waals surface area contributed by atoms with Crippen LogP contribution in [0.3, 0.4) is 0 Å². The van der Waals surface area contributed by atoms with Crippen LogP contribution in [0.2, 0.25) is 0 Å². The molecule has 3 amide bonds. The Morgan fingerprint density at radius 3 is 2.26 bits per heavy atom. The van der Waals surface area contributed by atoms with Gasteiger partial charge >= 0.3 is 6.18 Å². The molecule has 204 valence electrons. The van der Waals surface area contributed by atoms with Crippen molar-refractivity contribution in [2.75, 3.05) is 26.7 Å². The lowest BCUT2D eigenvalue weighted by atomic mass is 9.68. The van der Waals surface area contributed by atoms with E-state index in [0.717, 1.165) is 5.56 Å². The van der Waals surface area contributed by atoms with Crippen LogP contribution in [0.25, 0.3) is 0 Å². The van der Waals surface area contributed by atoms with Gasteiger partial charge in [-0.25, -0.2) is 4.39 Å². The maximum Gasteiger partial charge on any atom is 0.416 e. The van der Waals surface area contributed by atoms with Crippen molar-refractivity contribution in [3.05, 3.63) is 71.0 Å². The first kappa shape index (κ1) is 27.6. The van der Waals surface area contributed by atoms with Gasteiger partial charge in [0, 0.05) is 32.6 Å². The fourth-order valence-electron chi connectivity index (χ4n) is 5.66. The predicted octanol–water partition coefficient (Wildman–Crippen LogP) is 4.46. The molecule has 6 nitrogen and oxygen atoms in total. The molecule has 2 atom stereocenters. The second-order valence-electron chi connectivity index (χ2n) is 10.5. The van der Waals surface area contributed by atoms with Crippen LogP contribution in [-0.2, 0) is 15.8 Å². The summed E-state index contributed by atoms with van der Waals surface area (Å²) in [4.78, 5) is 42.8. The van der Waals surface area contributed by atoms with Gasteiger partial charge in [-0.15, -0.1) is 0 Å². The van der Waals surface area contributed by atoms with Crippen LogP contribution in [0.5, 0.6) is 0 Å². The molecule has 4 rings (SSSR count). The minimum atomic E-state index is -4.75. The van der Waals surface area contributed by atoms with Crippen LogP contribution < -0.4 is 5.32 Å². The summed E-state index contributed by atoms with van der Waals surface area (Å²) in [6.07, 6.45) is -3.85. The summed E-state index contributed by atoms with van der Waals surface area (Å²) in [5, 5.41) is 2.45. The quantitative estimate of drug-likeness (QED) is 0.577. The maximum absolute atomic E-state index is 14.3. The summed E-state index contributed by atoms with van der Waals surface area (Å²) in [7, 11) is 1.78. The highest BCUT2D eigenvalue weighted by Crippen LogP contribution is 2.50. The minimum Gasteiger partial charge on any atom is -0.345 e. The molecule has 38 heavy (non-hydrogen) atoms. The second kappa shape index (κ2) is 10.4. The summed E-state index contributed by atoms with van der Waals surface area (Å²) in [6.45, 7) is 4.55. The molecule has 0 radical (unpaired) electrons. The fraction of sp³-hybridized carbons (Fsp3) is 0.464. The lowest BCUT2D eigenvalue weighted by Crippen LogP contribution is -2.55. The van der Waals surface area contributed by atoms with Gasteiger partial charge in [-0.2, -0.15) is 13.2 Å². The number of carbonyl (C=O) groups is 3. The average Bonchev–Trinajstić information content (AvgIpc) is 3.12. The van der Waals surface area contributed by atoms with Crippen molar-refractivity contribution < 1.29 is 31.9 Å². The molecule has 2 saturated heterocycles. The average molecular weight is 534 g/mol. The molecule has 0 aliphatic carbocycles. The molecule has 2 heterocycles. The van der Waals surface area contributed by atoms with Gasteiger partial charge in [-0.05, 0) is 42.5 Å². The number of carbonyl (C=O) groups excluding carboxylic acids is 3. The normalized spacial score (nSPS) is 20.2. The van der Waals surface area contributed by atoms with Crippen molar-refractivity contribution in [3.8, 4) is 0 Å². The highest BCUT2D eigenvalue weighted by Gasteiger charge is 2.54. The Morgan fingerprint density at radius 2 is 1.68 bits per heavy atom. The smallest absolute Gasteiger partial charge is 0.345 e. The van der Waals surface area contributed by atoms with E-state index in [4.69, 9.17) is 0 Å². The van der Waals surface area contributed by atoms with E-state index in [0.29, 0.717) is 50.7 Å². The van der Waals surface area contributed by atoms with Crippen LogP contribution in [-0.4, -0.2) is 60.2 Å². The SMILES string of the molecule is CC(C)C(NC(=O)c1cc(C(F)(F)F)ccc1F)C(=O)N1CCC2(CC1)C(=O)N(C)CC2c1ccccc1. The Labute approximate surface area is 219 Å². The lowest BCUT2D eigenvalue weighted by Gasteiger charge is -2.42. The van der Waals surface area contributed by atoms with E-state index >= 15 is 0 Å². The summed E-state index contributed by atoms with van der Waals surface area (Å²) in [6, 6.07) is 10.3. The number of nitrogens with zero attached hydrogens (tertiary/aromatic N) is 2. The molecule has 10 heteroatoms. The van der Waals surface area contributed by atoms with Gasteiger partial charge in [0.2, 0.25) is 11.8 Å². The summed E-state index contributed by atoms with van der Waals surface area (Å²) in [5.74, 6) is -2.99. The van der Waals surface area contributed by atoms with Crippen LogP contribution in [0.15, 0.2) is 48.5 Å². The standard InChI is InChI=1S/C28H31F4N3O3/c1-17(2)23(33-24(36)20-15-19(28(30,31)32)9-10-22(20)29)25(37)35-13-11-27(12-14-35)21(16-34(3)26(27)38)18-7-5-4-6-8-18/h4-10,15,17,21,23H,11-14,16H2,1-3H3,(H,33,36). The monoisotopic (exact) mass is 533 g/mol. The number of nitrogens with one attached hydrogen (secondary N) is 1. The van der Waals surface area contributed by atoms with Crippen molar-refractivity contribution in [2.45, 2.75) is 44.8 Å². The second-order valence-corrected chi connectivity index (χ2v) is 10.5. The molecule has 0 saturated carbocycles. The lowest BCUT2D eigenvalue weighted by molar-refractivity contribution is -0.143. The zero-order valence-electron chi connectivity index (χ0n) is 21.5. The first-order valence-electron chi connectivity index (χ1n) is 12.6. The molecule has 2 aliphatic rings. The topological polar surface area (TPSA) is 69.7 Å². The Bertz CT molecular complexity index is 1210. The van der Waals surface area contributed by atoms with E-state index in [2.05, 4.69) is 5.32 Å². The Morgan fingerprint density at radius 1 is 1.05 bits per heavy atom. The Balaban J connectivity index is 1.50. The third-order valence-corrected chi connectivity index (χ3v) is 7.82. The highest BCUT2D eigenvalue weighted by atomic mass is 19.4. The minimum absolute atomic E-state index is 0.0112. The predicted molar refractivity (Wildman–Crippen MR) is 133 cm³/mol. The maximum atomic E-state index is 14.3. The van der Waals surface area contributed by atoms with Gasteiger partial charge in [-0.3, -0.25) is 14.4 Å². The molecule has 0 bridgehead atoms. The largest absolute Gasteiger partial charge is 0.416 e. The van der Waals surface area contributed by atoms with Gasteiger partial charge in [0.15, 0.2) is 0 Å². The van der Waals surface area contributed by atoms with Crippen LogP contribution >= 0.6 is 0 Å². The molecule has 2 fully saturated rings. The summed E-state index contributed by atoms with van der Waals surface area (Å²) in [5.41, 5.74) is -1.50. The number of likely N-dealkylation sites (tertiary alicyclic amines) is 2. The fourth-order valence-corrected chi connectivity index (χ4v) is 5.66. The third-order valence-electron chi connectivity index (χ3n) is 7.82.